The molecular weight excluding hydrogens is 276 g/mol. The van der Waals surface area contributed by atoms with Crippen LogP contribution in [0.3, 0.4) is 0 Å². The van der Waals surface area contributed by atoms with Crippen molar-refractivity contribution in [2.24, 2.45) is 0 Å². The van der Waals surface area contributed by atoms with E-state index in [0.717, 1.165) is 13.3 Å². The van der Waals surface area contributed by atoms with Crippen molar-refractivity contribution in [2.75, 3.05) is 7.11 Å². The number of carboxylic acid groups (broad SMARTS) is 1. The molecule has 0 unspecified atom stereocenters. The van der Waals surface area contributed by atoms with Gasteiger partial charge in [0.1, 0.15) is 15.9 Å². The van der Waals surface area contributed by atoms with Crippen molar-refractivity contribution < 1.29 is 23.4 Å². The van der Waals surface area contributed by atoms with Crippen LogP contribution in [-0.4, -0.2) is 23.2 Å². The summed E-state index contributed by atoms with van der Waals surface area (Å²) < 4.78 is 29.7. The van der Waals surface area contributed by atoms with Crippen LogP contribution in [-0.2, 0) is 0 Å². The molecule has 1 aromatic rings. The number of methoxy groups -OCH3 is 1. The standard InChI is InChI=1S/C8H6BrF2NO3/c1-15-5-3(8(13)14)2-12-6(9)4(5)7(10)11/h2,7H,1H3,(H,13,14). The highest BCUT2D eigenvalue weighted by Gasteiger charge is 2.24. The lowest BCUT2D eigenvalue weighted by Crippen LogP contribution is -2.06. The Labute approximate surface area is 92.0 Å². The van der Waals surface area contributed by atoms with Crippen LogP contribution in [0.4, 0.5) is 8.78 Å². The number of halogens is 3. The molecule has 0 amide bonds. The molecule has 0 aliphatic rings. The number of aromatic nitrogens is 1. The molecule has 0 spiro atoms. The van der Waals surface area contributed by atoms with E-state index in [4.69, 9.17) is 5.11 Å². The molecule has 1 aromatic heterocycles. The lowest BCUT2D eigenvalue weighted by Gasteiger charge is -2.11. The highest BCUT2D eigenvalue weighted by atomic mass is 79.9. The topological polar surface area (TPSA) is 59.4 Å². The highest BCUT2D eigenvalue weighted by Crippen LogP contribution is 2.36. The predicted octanol–water partition coefficient (Wildman–Crippen LogP) is 2.49. The maximum Gasteiger partial charge on any atom is 0.341 e. The molecule has 0 saturated carbocycles. The second-order valence-corrected chi connectivity index (χ2v) is 3.27. The number of pyridine rings is 1. The van der Waals surface area contributed by atoms with E-state index in [1.165, 1.54) is 0 Å². The number of hydrogen-bond acceptors (Lipinski definition) is 3. The van der Waals surface area contributed by atoms with Crippen molar-refractivity contribution in [3.8, 4) is 5.75 Å². The van der Waals surface area contributed by atoms with Gasteiger partial charge in [0.15, 0.2) is 0 Å². The Kier molecular flexibility index (Phi) is 3.57. The summed E-state index contributed by atoms with van der Waals surface area (Å²) in [6, 6.07) is 0. The summed E-state index contributed by atoms with van der Waals surface area (Å²) in [5.74, 6) is -1.74. The number of carboxylic acids is 1. The monoisotopic (exact) mass is 281 g/mol. The molecule has 1 rings (SSSR count). The number of aromatic carboxylic acids is 1. The Bertz CT molecular complexity index is 398. The van der Waals surface area contributed by atoms with Crippen molar-refractivity contribution in [1.29, 1.82) is 0 Å². The van der Waals surface area contributed by atoms with Crippen molar-refractivity contribution in [2.45, 2.75) is 6.43 Å². The minimum Gasteiger partial charge on any atom is -0.495 e. The van der Waals surface area contributed by atoms with Gasteiger partial charge in [-0.15, -0.1) is 0 Å². The molecule has 0 bridgehead atoms. The van der Waals surface area contributed by atoms with Crippen LogP contribution in [0.15, 0.2) is 10.8 Å². The van der Waals surface area contributed by atoms with Crippen LogP contribution in [0.1, 0.15) is 22.3 Å². The van der Waals surface area contributed by atoms with E-state index in [1.54, 1.807) is 0 Å². The molecule has 4 nitrogen and oxygen atoms in total. The Morgan fingerprint density at radius 3 is 2.67 bits per heavy atom. The average molecular weight is 282 g/mol. The fourth-order valence-electron chi connectivity index (χ4n) is 1.05. The van der Waals surface area contributed by atoms with Gasteiger partial charge in [-0.1, -0.05) is 0 Å². The Morgan fingerprint density at radius 2 is 2.27 bits per heavy atom. The van der Waals surface area contributed by atoms with Crippen LogP contribution >= 0.6 is 15.9 Å². The van der Waals surface area contributed by atoms with Crippen molar-refractivity contribution >= 4 is 21.9 Å². The first-order chi connectivity index (χ1) is 6.99. The molecule has 0 atom stereocenters. The number of rotatable bonds is 3. The lowest BCUT2D eigenvalue weighted by atomic mass is 10.2. The third-order valence-electron chi connectivity index (χ3n) is 1.67. The van der Waals surface area contributed by atoms with Crippen molar-refractivity contribution in [1.82, 2.24) is 4.98 Å². The van der Waals surface area contributed by atoms with Crippen LogP contribution < -0.4 is 4.74 Å². The molecule has 1 N–H and O–H groups in total. The summed E-state index contributed by atoms with van der Waals surface area (Å²) in [6.07, 6.45) is -1.90. The molecule has 0 saturated heterocycles. The zero-order chi connectivity index (χ0) is 11.6. The number of alkyl halides is 2. The number of ether oxygens (including phenoxy) is 1. The second kappa shape index (κ2) is 4.52. The molecule has 82 valence electrons. The SMILES string of the molecule is COc1c(C(=O)O)cnc(Br)c1C(F)F. The number of nitrogens with zero attached hydrogens (tertiary/aromatic N) is 1. The maximum absolute atomic E-state index is 12.6. The van der Waals surface area contributed by atoms with Gasteiger partial charge >= 0.3 is 5.97 Å². The predicted molar refractivity (Wildman–Crippen MR) is 50.4 cm³/mol. The summed E-state index contributed by atoms with van der Waals surface area (Å²) in [6.45, 7) is 0. The lowest BCUT2D eigenvalue weighted by molar-refractivity contribution is 0.0691. The van der Waals surface area contributed by atoms with E-state index in [9.17, 15) is 13.6 Å². The van der Waals surface area contributed by atoms with Gasteiger partial charge in [-0.2, -0.15) is 0 Å². The number of hydrogen-bond donors (Lipinski definition) is 1. The van der Waals surface area contributed by atoms with E-state index >= 15 is 0 Å². The Hall–Kier alpha value is -1.24. The van der Waals surface area contributed by atoms with Gasteiger partial charge in [0, 0.05) is 6.20 Å². The normalized spacial score (nSPS) is 10.5. The molecule has 15 heavy (non-hydrogen) atoms. The van der Waals surface area contributed by atoms with Gasteiger partial charge in [-0.05, 0) is 15.9 Å². The molecule has 7 heteroatoms. The third kappa shape index (κ3) is 2.23. The van der Waals surface area contributed by atoms with Crippen molar-refractivity contribution in [3.63, 3.8) is 0 Å². The first-order valence-electron chi connectivity index (χ1n) is 3.72. The fraction of sp³-hybridized carbons (Fsp3) is 0.250. The van der Waals surface area contributed by atoms with Gasteiger partial charge in [-0.3, -0.25) is 0 Å². The average Bonchev–Trinajstić information content (AvgIpc) is 2.15. The number of carbonyl (C=O) groups is 1. The summed E-state index contributed by atoms with van der Waals surface area (Å²) in [4.78, 5) is 14.2. The molecule has 1 heterocycles. The van der Waals surface area contributed by atoms with Gasteiger partial charge < -0.3 is 9.84 Å². The maximum atomic E-state index is 12.6. The van der Waals surface area contributed by atoms with E-state index < -0.39 is 23.5 Å². The highest BCUT2D eigenvalue weighted by molar-refractivity contribution is 9.10. The summed E-state index contributed by atoms with van der Waals surface area (Å²) in [5, 5.41) is 8.71. The smallest absolute Gasteiger partial charge is 0.341 e. The largest absolute Gasteiger partial charge is 0.495 e. The molecule has 0 aromatic carbocycles. The van der Waals surface area contributed by atoms with Crippen molar-refractivity contribution in [3.05, 3.63) is 21.9 Å². The van der Waals surface area contributed by atoms with E-state index in [1.807, 2.05) is 0 Å². The quantitative estimate of drug-likeness (QED) is 0.865. The first kappa shape index (κ1) is 11.8. The summed E-state index contributed by atoms with van der Waals surface area (Å²) in [5.41, 5.74) is -0.951. The van der Waals surface area contributed by atoms with Gasteiger partial charge in [0.25, 0.3) is 6.43 Å². The molecule has 0 aliphatic heterocycles. The minimum atomic E-state index is -2.86. The van der Waals surface area contributed by atoms with E-state index in [2.05, 4.69) is 25.7 Å². The Morgan fingerprint density at radius 1 is 1.67 bits per heavy atom. The van der Waals surface area contributed by atoms with Gasteiger partial charge in [0.2, 0.25) is 0 Å². The van der Waals surface area contributed by atoms with Gasteiger partial charge in [0.05, 0.1) is 12.7 Å². The van der Waals surface area contributed by atoms with E-state index in [-0.39, 0.29) is 10.4 Å². The van der Waals surface area contributed by atoms with Crippen LogP contribution in [0.2, 0.25) is 0 Å². The summed E-state index contributed by atoms with van der Waals surface area (Å²) in [7, 11) is 1.13. The van der Waals surface area contributed by atoms with Gasteiger partial charge in [-0.25, -0.2) is 18.6 Å². The molecule has 0 aliphatic carbocycles. The summed E-state index contributed by atoms with van der Waals surface area (Å²) >= 11 is 2.81. The third-order valence-corrected chi connectivity index (χ3v) is 2.30. The second-order valence-electron chi connectivity index (χ2n) is 2.52. The zero-order valence-electron chi connectivity index (χ0n) is 7.50. The first-order valence-corrected chi connectivity index (χ1v) is 4.52. The van der Waals surface area contributed by atoms with E-state index in [0.29, 0.717) is 0 Å². The van der Waals surface area contributed by atoms with Crippen LogP contribution in [0.5, 0.6) is 5.75 Å². The fourth-order valence-corrected chi connectivity index (χ4v) is 1.51. The van der Waals surface area contributed by atoms with Crippen LogP contribution in [0.25, 0.3) is 0 Å². The van der Waals surface area contributed by atoms with Crippen LogP contribution in [0, 0.1) is 0 Å². The molecule has 0 radical (unpaired) electrons. The zero-order valence-corrected chi connectivity index (χ0v) is 9.09. The molecule has 0 fully saturated rings. The Balaban J connectivity index is 3.47. The molecular formula is C8H6BrF2NO3. The minimum absolute atomic E-state index is 0.126.